The molecule has 0 fully saturated rings. The molecule has 0 aromatic rings. The summed E-state index contributed by atoms with van der Waals surface area (Å²) < 4.78 is 4.96. The molecule has 0 heterocycles. The summed E-state index contributed by atoms with van der Waals surface area (Å²) in [5, 5.41) is 9.44. The highest BCUT2D eigenvalue weighted by Crippen LogP contribution is 2.15. The maximum Gasteiger partial charge on any atom is 0.311 e. The molecule has 0 aromatic carbocycles. The highest BCUT2D eigenvalue weighted by molar-refractivity contribution is 5.75. The van der Waals surface area contributed by atoms with Crippen LogP contribution in [0, 0.1) is 17.8 Å². The van der Waals surface area contributed by atoms with Gasteiger partial charge in [0.1, 0.15) is 6.61 Å². The molecule has 15 heavy (non-hydrogen) atoms. The summed E-state index contributed by atoms with van der Waals surface area (Å²) in [6.07, 6.45) is 6.44. The van der Waals surface area contributed by atoms with E-state index in [-0.39, 0.29) is 12.6 Å². The van der Waals surface area contributed by atoms with Crippen molar-refractivity contribution in [3.63, 3.8) is 0 Å². The number of aliphatic hydroxyl groups excluding tert-OH is 1. The Morgan fingerprint density at radius 3 is 2.60 bits per heavy atom. The van der Waals surface area contributed by atoms with Crippen molar-refractivity contribution in [2.45, 2.75) is 46.1 Å². The monoisotopic (exact) mass is 212 g/mol. The Balaban J connectivity index is 3.68. The van der Waals surface area contributed by atoms with Crippen LogP contribution in [-0.4, -0.2) is 23.8 Å². The standard InChI is InChI=1S/C12H20O3/c1-5-6-7-8-10(13)9-15-11(14)12(2,3)4/h1,10,13H,6-9H2,2-4H3. The number of rotatable bonds is 5. The van der Waals surface area contributed by atoms with E-state index >= 15 is 0 Å². The second-order valence-electron chi connectivity index (χ2n) is 4.60. The maximum atomic E-state index is 11.3. The molecule has 1 atom stereocenters. The Kier molecular flexibility index (Phi) is 6.03. The van der Waals surface area contributed by atoms with E-state index in [0.29, 0.717) is 12.8 Å². The van der Waals surface area contributed by atoms with Crippen LogP contribution >= 0.6 is 0 Å². The zero-order valence-electron chi connectivity index (χ0n) is 9.75. The average molecular weight is 212 g/mol. The minimum atomic E-state index is -0.607. The van der Waals surface area contributed by atoms with Crippen LogP contribution < -0.4 is 0 Å². The number of ether oxygens (including phenoxy) is 1. The van der Waals surface area contributed by atoms with Gasteiger partial charge in [-0.2, -0.15) is 0 Å². The molecule has 0 amide bonds. The zero-order valence-corrected chi connectivity index (χ0v) is 9.75. The summed E-state index contributed by atoms with van der Waals surface area (Å²) in [5.41, 5.74) is -0.515. The van der Waals surface area contributed by atoms with Gasteiger partial charge in [0.05, 0.1) is 11.5 Å². The summed E-state index contributed by atoms with van der Waals surface area (Å²) in [4.78, 5) is 11.3. The topological polar surface area (TPSA) is 46.5 Å². The van der Waals surface area contributed by atoms with Crippen molar-refractivity contribution in [1.82, 2.24) is 0 Å². The number of carbonyl (C=O) groups is 1. The molecule has 0 spiro atoms. The van der Waals surface area contributed by atoms with Gasteiger partial charge in [-0.25, -0.2) is 0 Å². The van der Waals surface area contributed by atoms with Gasteiger partial charge in [0.2, 0.25) is 0 Å². The van der Waals surface area contributed by atoms with Crippen LogP contribution in [0.2, 0.25) is 0 Å². The number of esters is 1. The van der Waals surface area contributed by atoms with Crippen molar-refractivity contribution in [2.75, 3.05) is 6.61 Å². The summed E-state index contributed by atoms with van der Waals surface area (Å²) >= 11 is 0. The minimum Gasteiger partial charge on any atom is -0.463 e. The molecule has 3 nitrogen and oxygen atoms in total. The summed E-state index contributed by atoms with van der Waals surface area (Å²) in [6.45, 7) is 5.39. The van der Waals surface area contributed by atoms with Gasteiger partial charge in [-0.3, -0.25) is 4.79 Å². The fourth-order valence-electron chi connectivity index (χ4n) is 0.911. The number of unbranched alkanes of at least 4 members (excludes halogenated alkanes) is 1. The maximum absolute atomic E-state index is 11.3. The fraction of sp³-hybridized carbons (Fsp3) is 0.750. The zero-order chi connectivity index (χ0) is 11.9. The van der Waals surface area contributed by atoms with E-state index in [2.05, 4.69) is 5.92 Å². The molecule has 0 saturated carbocycles. The van der Waals surface area contributed by atoms with Gasteiger partial charge in [0, 0.05) is 6.42 Å². The van der Waals surface area contributed by atoms with Gasteiger partial charge in [-0.15, -0.1) is 12.3 Å². The SMILES string of the molecule is C#CCCCC(O)COC(=O)C(C)(C)C. The molecule has 3 heteroatoms. The number of aliphatic hydroxyl groups is 1. The van der Waals surface area contributed by atoms with E-state index in [1.807, 2.05) is 0 Å². The smallest absolute Gasteiger partial charge is 0.311 e. The molecule has 1 N–H and O–H groups in total. The van der Waals surface area contributed by atoms with E-state index in [9.17, 15) is 9.90 Å². The summed E-state index contributed by atoms with van der Waals surface area (Å²) in [6, 6.07) is 0. The van der Waals surface area contributed by atoms with Gasteiger partial charge < -0.3 is 9.84 Å². The van der Waals surface area contributed by atoms with Gasteiger partial charge >= 0.3 is 5.97 Å². The molecule has 0 saturated heterocycles. The van der Waals surface area contributed by atoms with Gasteiger partial charge in [0.15, 0.2) is 0 Å². The van der Waals surface area contributed by atoms with E-state index in [0.717, 1.165) is 6.42 Å². The third-order valence-electron chi connectivity index (χ3n) is 1.88. The molecule has 0 aliphatic rings. The predicted octanol–water partition coefficient (Wildman–Crippen LogP) is 1.74. The molecule has 0 radical (unpaired) electrons. The largest absolute Gasteiger partial charge is 0.463 e. The second-order valence-corrected chi connectivity index (χ2v) is 4.60. The molecule has 0 aliphatic heterocycles. The lowest BCUT2D eigenvalue weighted by molar-refractivity contribution is -0.156. The third kappa shape index (κ3) is 6.98. The molecular weight excluding hydrogens is 192 g/mol. The minimum absolute atomic E-state index is 0.0562. The number of hydrogen-bond acceptors (Lipinski definition) is 3. The summed E-state index contributed by atoms with van der Waals surface area (Å²) in [5.74, 6) is 2.20. The summed E-state index contributed by atoms with van der Waals surface area (Å²) in [7, 11) is 0. The van der Waals surface area contributed by atoms with Crippen molar-refractivity contribution in [3.05, 3.63) is 0 Å². The normalized spacial score (nSPS) is 13.0. The van der Waals surface area contributed by atoms with Crippen LogP contribution in [0.25, 0.3) is 0 Å². The van der Waals surface area contributed by atoms with Crippen LogP contribution in [-0.2, 0) is 9.53 Å². The lowest BCUT2D eigenvalue weighted by Crippen LogP contribution is -2.27. The molecule has 86 valence electrons. The van der Waals surface area contributed by atoms with Gasteiger partial charge in [-0.05, 0) is 33.6 Å². The highest BCUT2D eigenvalue weighted by Gasteiger charge is 2.23. The van der Waals surface area contributed by atoms with E-state index in [1.54, 1.807) is 20.8 Å². The Labute approximate surface area is 91.8 Å². The first-order valence-corrected chi connectivity index (χ1v) is 5.16. The van der Waals surface area contributed by atoms with E-state index in [4.69, 9.17) is 11.2 Å². The lowest BCUT2D eigenvalue weighted by atomic mass is 9.97. The quantitative estimate of drug-likeness (QED) is 0.429. The number of hydrogen-bond donors (Lipinski definition) is 1. The van der Waals surface area contributed by atoms with Crippen LogP contribution in [0.3, 0.4) is 0 Å². The molecule has 1 unspecified atom stereocenters. The molecular formula is C12H20O3. The van der Waals surface area contributed by atoms with E-state index < -0.39 is 11.5 Å². The van der Waals surface area contributed by atoms with Crippen LogP contribution in [0.5, 0.6) is 0 Å². The van der Waals surface area contributed by atoms with Crippen LogP contribution in [0.1, 0.15) is 40.0 Å². The average Bonchev–Trinajstić information content (AvgIpc) is 2.13. The van der Waals surface area contributed by atoms with Gasteiger partial charge in [0.25, 0.3) is 0 Å². The van der Waals surface area contributed by atoms with Crippen molar-refractivity contribution in [1.29, 1.82) is 0 Å². The van der Waals surface area contributed by atoms with Crippen molar-refractivity contribution in [2.24, 2.45) is 5.41 Å². The Hall–Kier alpha value is -1.01. The van der Waals surface area contributed by atoms with Crippen molar-refractivity contribution < 1.29 is 14.6 Å². The Morgan fingerprint density at radius 1 is 1.53 bits per heavy atom. The number of carbonyl (C=O) groups excluding carboxylic acids is 1. The molecule has 0 aliphatic carbocycles. The lowest BCUT2D eigenvalue weighted by Gasteiger charge is -2.18. The van der Waals surface area contributed by atoms with Gasteiger partial charge in [-0.1, -0.05) is 0 Å². The first kappa shape index (κ1) is 14.0. The Morgan fingerprint density at radius 2 is 2.13 bits per heavy atom. The van der Waals surface area contributed by atoms with Crippen molar-refractivity contribution in [3.8, 4) is 12.3 Å². The first-order valence-electron chi connectivity index (χ1n) is 5.16. The van der Waals surface area contributed by atoms with Crippen molar-refractivity contribution >= 4 is 5.97 Å². The predicted molar refractivity (Wildman–Crippen MR) is 59.1 cm³/mol. The third-order valence-corrected chi connectivity index (χ3v) is 1.88. The first-order chi connectivity index (χ1) is 6.88. The second kappa shape index (κ2) is 6.47. The number of terminal acetylenes is 1. The Bertz CT molecular complexity index is 232. The van der Waals surface area contributed by atoms with E-state index in [1.165, 1.54) is 0 Å². The molecule has 0 aromatic heterocycles. The highest BCUT2D eigenvalue weighted by atomic mass is 16.5. The molecule has 0 bridgehead atoms. The van der Waals surface area contributed by atoms with Crippen LogP contribution in [0.4, 0.5) is 0 Å². The fourth-order valence-corrected chi connectivity index (χ4v) is 0.911. The molecule has 0 rings (SSSR count). The van der Waals surface area contributed by atoms with Crippen LogP contribution in [0.15, 0.2) is 0 Å².